The molecule has 1 saturated carbocycles. The average Bonchev–Trinajstić information content (AvgIpc) is 2.42. The van der Waals surface area contributed by atoms with E-state index in [-0.39, 0.29) is 17.4 Å². The summed E-state index contributed by atoms with van der Waals surface area (Å²) in [6.07, 6.45) is -2.22. The highest BCUT2D eigenvalue weighted by molar-refractivity contribution is 5.43. The summed E-state index contributed by atoms with van der Waals surface area (Å²) in [4.78, 5) is 0. The quantitative estimate of drug-likeness (QED) is 0.787. The highest BCUT2D eigenvalue weighted by atomic mass is 19.4. The van der Waals surface area contributed by atoms with E-state index < -0.39 is 11.7 Å². The number of halogens is 3. The fraction of sp³-hybridized carbons (Fsp3) is 0.562. The van der Waals surface area contributed by atoms with Crippen molar-refractivity contribution in [3.63, 3.8) is 0 Å². The second-order valence-corrected chi connectivity index (χ2v) is 5.83. The molecule has 0 heterocycles. The summed E-state index contributed by atoms with van der Waals surface area (Å²) in [6, 6.07) is 5.19. The minimum atomic E-state index is -4.52. The van der Waals surface area contributed by atoms with Crippen LogP contribution in [0.25, 0.3) is 0 Å². The molecule has 0 amide bonds. The maximum Gasteiger partial charge on any atom is 0.420 e. The zero-order valence-corrected chi connectivity index (χ0v) is 12.1. The molecule has 114 valence electrons. The summed E-state index contributed by atoms with van der Waals surface area (Å²) < 4.78 is 44.8. The van der Waals surface area contributed by atoms with Crippen molar-refractivity contribution < 1.29 is 17.9 Å². The molecule has 0 radical (unpaired) electrons. The van der Waals surface area contributed by atoms with Crippen LogP contribution in [-0.4, -0.2) is 6.10 Å². The van der Waals surface area contributed by atoms with Gasteiger partial charge in [-0.15, -0.1) is 0 Å². The van der Waals surface area contributed by atoms with E-state index in [4.69, 9.17) is 10.00 Å². The molecule has 1 aromatic rings. The van der Waals surface area contributed by atoms with Gasteiger partial charge in [0.2, 0.25) is 0 Å². The van der Waals surface area contributed by atoms with E-state index >= 15 is 0 Å². The fourth-order valence-corrected chi connectivity index (χ4v) is 2.71. The van der Waals surface area contributed by atoms with Crippen molar-refractivity contribution in [2.45, 2.75) is 45.4 Å². The number of nitrogens with zero attached hydrogens (tertiary/aromatic N) is 1. The van der Waals surface area contributed by atoms with E-state index in [1.54, 1.807) is 6.07 Å². The van der Waals surface area contributed by atoms with E-state index in [1.807, 2.05) is 0 Å². The van der Waals surface area contributed by atoms with Crippen molar-refractivity contribution in [3.8, 4) is 11.8 Å². The molecular weight excluding hydrogens is 279 g/mol. The fourth-order valence-electron chi connectivity index (χ4n) is 2.71. The number of nitriles is 1. The second-order valence-electron chi connectivity index (χ2n) is 5.83. The number of alkyl halides is 3. The van der Waals surface area contributed by atoms with Crippen LogP contribution in [0.2, 0.25) is 0 Å². The Balaban J connectivity index is 2.22. The molecule has 0 N–H and O–H groups in total. The van der Waals surface area contributed by atoms with Crippen molar-refractivity contribution in [2.24, 2.45) is 11.8 Å². The minimum absolute atomic E-state index is 0.0136. The molecule has 1 aliphatic carbocycles. The third-order valence-corrected chi connectivity index (χ3v) is 4.26. The molecule has 0 aromatic heterocycles. The molecule has 1 fully saturated rings. The van der Waals surface area contributed by atoms with Crippen LogP contribution in [0.4, 0.5) is 13.2 Å². The summed E-state index contributed by atoms with van der Waals surface area (Å²) in [5.74, 6) is 0.845. The number of hydrogen-bond donors (Lipinski definition) is 0. The molecule has 21 heavy (non-hydrogen) atoms. The maximum absolute atomic E-state index is 13.1. The van der Waals surface area contributed by atoms with Crippen LogP contribution >= 0.6 is 0 Å². The van der Waals surface area contributed by atoms with Gasteiger partial charge in [0.05, 0.1) is 23.3 Å². The molecule has 3 atom stereocenters. The molecule has 0 bridgehead atoms. The number of benzene rings is 1. The van der Waals surface area contributed by atoms with Crippen LogP contribution in [0.3, 0.4) is 0 Å². The second kappa shape index (κ2) is 5.97. The molecule has 3 unspecified atom stereocenters. The van der Waals surface area contributed by atoms with Crippen molar-refractivity contribution in [3.05, 3.63) is 29.3 Å². The van der Waals surface area contributed by atoms with Crippen LogP contribution in [0.5, 0.6) is 5.75 Å². The Bertz CT molecular complexity index is 547. The number of rotatable bonds is 2. The summed E-state index contributed by atoms with van der Waals surface area (Å²) in [7, 11) is 0. The third-order valence-electron chi connectivity index (χ3n) is 4.26. The lowest BCUT2D eigenvalue weighted by Crippen LogP contribution is -2.29. The predicted molar refractivity (Wildman–Crippen MR) is 72.8 cm³/mol. The van der Waals surface area contributed by atoms with Crippen LogP contribution < -0.4 is 4.74 Å². The Kier molecular flexibility index (Phi) is 4.46. The van der Waals surface area contributed by atoms with Crippen molar-refractivity contribution in [1.29, 1.82) is 5.26 Å². The van der Waals surface area contributed by atoms with E-state index in [1.165, 1.54) is 12.1 Å². The van der Waals surface area contributed by atoms with Crippen molar-refractivity contribution in [1.82, 2.24) is 0 Å². The van der Waals surface area contributed by atoms with E-state index in [2.05, 4.69) is 13.8 Å². The lowest BCUT2D eigenvalue weighted by atomic mass is 9.80. The van der Waals surface area contributed by atoms with Gasteiger partial charge in [-0.2, -0.15) is 18.4 Å². The molecule has 0 aliphatic heterocycles. The van der Waals surface area contributed by atoms with Gasteiger partial charge in [-0.1, -0.05) is 13.8 Å². The molecule has 1 aromatic carbocycles. The van der Waals surface area contributed by atoms with Crippen LogP contribution in [0.15, 0.2) is 18.2 Å². The monoisotopic (exact) mass is 297 g/mol. The van der Waals surface area contributed by atoms with Gasteiger partial charge >= 0.3 is 6.18 Å². The number of ether oxygens (including phenoxy) is 1. The van der Waals surface area contributed by atoms with Crippen LogP contribution in [0.1, 0.15) is 44.2 Å². The van der Waals surface area contributed by atoms with Gasteiger partial charge in [0.25, 0.3) is 0 Å². The predicted octanol–water partition coefficient (Wildman–Crippen LogP) is 4.78. The lowest BCUT2D eigenvalue weighted by Gasteiger charge is -2.32. The van der Waals surface area contributed by atoms with Gasteiger partial charge in [0, 0.05) is 0 Å². The maximum atomic E-state index is 13.1. The van der Waals surface area contributed by atoms with E-state index in [0.29, 0.717) is 11.8 Å². The van der Waals surface area contributed by atoms with E-state index in [0.717, 1.165) is 25.3 Å². The normalized spacial score (nSPS) is 26.2. The van der Waals surface area contributed by atoms with Crippen molar-refractivity contribution in [2.75, 3.05) is 0 Å². The SMILES string of the molecule is CC1CCC(Oc2ccc(C#N)cc2C(F)(F)F)CC1C. The largest absolute Gasteiger partial charge is 0.490 e. The molecule has 1 aliphatic rings. The molecule has 2 nitrogen and oxygen atoms in total. The van der Waals surface area contributed by atoms with Crippen molar-refractivity contribution >= 4 is 0 Å². The van der Waals surface area contributed by atoms with Crippen LogP contribution in [0, 0.1) is 23.2 Å². The van der Waals surface area contributed by atoms with E-state index in [9.17, 15) is 13.2 Å². The molecular formula is C16H18F3NO. The molecule has 0 spiro atoms. The van der Waals surface area contributed by atoms with Gasteiger partial charge in [0.15, 0.2) is 0 Å². The van der Waals surface area contributed by atoms with Gasteiger partial charge in [-0.25, -0.2) is 0 Å². The number of hydrogen-bond acceptors (Lipinski definition) is 2. The lowest BCUT2D eigenvalue weighted by molar-refractivity contribution is -0.139. The smallest absolute Gasteiger partial charge is 0.420 e. The average molecular weight is 297 g/mol. The molecule has 2 rings (SSSR count). The Hall–Kier alpha value is -1.70. The standard InChI is InChI=1S/C16H18F3NO/c1-10-3-5-13(7-11(10)2)21-15-6-4-12(9-20)8-14(15)16(17,18)19/h4,6,8,10-11,13H,3,5,7H2,1-2H3. The first-order valence-corrected chi connectivity index (χ1v) is 7.09. The summed E-state index contributed by atoms with van der Waals surface area (Å²) in [5, 5.41) is 8.75. The highest BCUT2D eigenvalue weighted by Crippen LogP contribution is 2.39. The molecule has 0 saturated heterocycles. The zero-order chi connectivity index (χ0) is 15.6. The Morgan fingerprint density at radius 1 is 1.19 bits per heavy atom. The Morgan fingerprint density at radius 2 is 1.90 bits per heavy atom. The van der Waals surface area contributed by atoms with Gasteiger partial charge < -0.3 is 4.74 Å². The third kappa shape index (κ3) is 3.69. The summed E-state index contributed by atoms with van der Waals surface area (Å²) in [5.41, 5.74) is -0.881. The highest BCUT2D eigenvalue weighted by Gasteiger charge is 2.36. The zero-order valence-electron chi connectivity index (χ0n) is 12.1. The first kappa shape index (κ1) is 15.7. The van der Waals surface area contributed by atoms with Gasteiger partial charge in [-0.3, -0.25) is 0 Å². The molecule has 5 heteroatoms. The minimum Gasteiger partial charge on any atom is -0.490 e. The first-order chi connectivity index (χ1) is 9.81. The summed E-state index contributed by atoms with van der Waals surface area (Å²) in [6.45, 7) is 4.26. The van der Waals surface area contributed by atoms with Gasteiger partial charge in [-0.05, 0) is 49.3 Å². The van der Waals surface area contributed by atoms with Gasteiger partial charge in [0.1, 0.15) is 5.75 Å². The Labute approximate surface area is 122 Å². The van der Waals surface area contributed by atoms with Crippen LogP contribution in [-0.2, 0) is 6.18 Å². The summed E-state index contributed by atoms with van der Waals surface area (Å²) >= 11 is 0. The first-order valence-electron chi connectivity index (χ1n) is 7.09. The topological polar surface area (TPSA) is 33.0 Å². The Morgan fingerprint density at radius 3 is 2.48 bits per heavy atom.